The van der Waals surface area contributed by atoms with Crippen molar-refractivity contribution >= 4 is 0 Å². The van der Waals surface area contributed by atoms with Gasteiger partial charge in [-0.25, -0.2) is 0 Å². The topological polar surface area (TPSA) is 59.7 Å². The Balaban J connectivity index is 1.59. The molecule has 100 valence electrons. The average Bonchev–Trinajstić information content (AvgIpc) is 2.96. The van der Waals surface area contributed by atoms with Crippen LogP contribution in [-0.4, -0.2) is 49.7 Å². The van der Waals surface area contributed by atoms with Gasteiger partial charge in [-0.1, -0.05) is 6.42 Å². The molecule has 1 aliphatic heterocycles. The molecule has 3 heterocycles. The predicted molar refractivity (Wildman–Crippen MR) is 71.3 cm³/mol. The van der Waals surface area contributed by atoms with Crippen molar-refractivity contribution in [1.82, 2.24) is 30.1 Å². The Morgan fingerprint density at radius 3 is 2.58 bits per heavy atom. The van der Waals surface area contributed by atoms with E-state index in [1.807, 2.05) is 12.1 Å². The van der Waals surface area contributed by atoms with E-state index in [-0.39, 0.29) is 0 Å². The molecule has 0 aliphatic carbocycles. The zero-order chi connectivity index (χ0) is 12.9. The third-order valence-corrected chi connectivity index (χ3v) is 3.46. The second-order valence-electron chi connectivity index (χ2n) is 4.85. The van der Waals surface area contributed by atoms with Crippen molar-refractivity contribution in [1.29, 1.82) is 0 Å². The molecule has 0 atom stereocenters. The van der Waals surface area contributed by atoms with Crippen LogP contribution in [-0.2, 0) is 6.54 Å². The van der Waals surface area contributed by atoms with E-state index in [4.69, 9.17) is 0 Å². The van der Waals surface area contributed by atoms with Gasteiger partial charge in [-0.15, -0.1) is 10.2 Å². The standard InChI is InChI=1S/C13H18N6/c1-2-8-18(9-3-1)10-11-19-16-13(15-17-19)12-4-6-14-7-5-12/h4-7H,1-3,8-11H2. The number of tetrazole rings is 1. The summed E-state index contributed by atoms with van der Waals surface area (Å²) in [6.07, 6.45) is 7.47. The van der Waals surface area contributed by atoms with E-state index in [2.05, 4.69) is 25.3 Å². The van der Waals surface area contributed by atoms with Crippen LogP contribution in [0.1, 0.15) is 19.3 Å². The number of rotatable bonds is 4. The van der Waals surface area contributed by atoms with Gasteiger partial charge in [-0.3, -0.25) is 4.98 Å². The average molecular weight is 258 g/mol. The van der Waals surface area contributed by atoms with E-state index < -0.39 is 0 Å². The molecule has 19 heavy (non-hydrogen) atoms. The Hall–Kier alpha value is -1.82. The van der Waals surface area contributed by atoms with E-state index in [1.165, 1.54) is 32.4 Å². The summed E-state index contributed by atoms with van der Waals surface area (Å²) in [5.41, 5.74) is 0.958. The van der Waals surface area contributed by atoms with Crippen LogP contribution >= 0.6 is 0 Å². The highest BCUT2D eigenvalue weighted by Crippen LogP contribution is 2.11. The highest BCUT2D eigenvalue weighted by atomic mass is 15.6. The summed E-state index contributed by atoms with van der Waals surface area (Å²) in [5.74, 6) is 0.668. The highest BCUT2D eigenvalue weighted by molar-refractivity contribution is 5.51. The number of hydrogen-bond acceptors (Lipinski definition) is 5. The SMILES string of the molecule is c1cc(-c2nnn(CCN3CCCCC3)n2)ccn1. The predicted octanol–water partition coefficient (Wildman–Crippen LogP) is 1.22. The minimum atomic E-state index is 0.668. The summed E-state index contributed by atoms with van der Waals surface area (Å²) >= 11 is 0. The van der Waals surface area contributed by atoms with Gasteiger partial charge in [-0.05, 0) is 43.3 Å². The summed E-state index contributed by atoms with van der Waals surface area (Å²) < 4.78 is 0. The van der Waals surface area contributed by atoms with Crippen molar-refractivity contribution in [2.24, 2.45) is 0 Å². The fraction of sp³-hybridized carbons (Fsp3) is 0.538. The smallest absolute Gasteiger partial charge is 0.205 e. The Bertz CT molecular complexity index is 503. The van der Waals surface area contributed by atoms with Crippen LogP contribution < -0.4 is 0 Å². The lowest BCUT2D eigenvalue weighted by Gasteiger charge is -2.25. The van der Waals surface area contributed by atoms with Gasteiger partial charge in [0.25, 0.3) is 0 Å². The third kappa shape index (κ3) is 3.14. The molecule has 0 saturated carbocycles. The lowest BCUT2D eigenvalue weighted by molar-refractivity contribution is 0.213. The van der Waals surface area contributed by atoms with Gasteiger partial charge in [0.1, 0.15) is 0 Å². The Morgan fingerprint density at radius 1 is 1.00 bits per heavy atom. The van der Waals surface area contributed by atoms with Gasteiger partial charge >= 0.3 is 0 Å². The molecular weight excluding hydrogens is 240 g/mol. The number of likely N-dealkylation sites (tertiary alicyclic amines) is 1. The second-order valence-corrected chi connectivity index (χ2v) is 4.85. The first kappa shape index (κ1) is 12.2. The van der Waals surface area contributed by atoms with Crippen LogP contribution in [0.5, 0.6) is 0 Å². The summed E-state index contributed by atoms with van der Waals surface area (Å²) in [6.45, 7) is 4.21. The van der Waals surface area contributed by atoms with Crippen molar-refractivity contribution in [3.8, 4) is 11.4 Å². The Kier molecular flexibility index (Phi) is 3.78. The maximum Gasteiger partial charge on any atom is 0.205 e. The molecule has 6 nitrogen and oxygen atoms in total. The molecule has 2 aromatic heterocycles. The number of aromatic nitrogens is 5. The maximum absolute atomic E-state index is 4.40. The normalized spacial score (nSPS) is 16.6. The molecule has 0 bridgehead atoms. The van der Waals surface area contributed by atoms with Gasteiger partial charge < -0.3 is 4.90 Å². The molecule has 0 spiro atoms. The molecule has 0 N–H and O–H groups in total. The Morgan fingerprint density at radius 2 is 1.79 bits per heavy atom. The van der Waals surface area contributed by atoms with Gasteiger partial charge in [0.2, 0.25) is 5.82 Å². The summed E-state index contributed by atoms with van der Waals surface area (Å²) in [6, 6.07) is 3.79. The van der Waals surface area contributed by atoms with Gasteiger partial charge in [0, 0.05) is 24.5 Å². The monoisotopic (exact) mass is 258 g/mol. The fourth-order valence-corrected chi connectivity index (χ4v) is 2.37. The quantitative estimate of drug-likeness (QED) is 0.825. The van der Waals surface area contributed by atoms with Gasteiger partial charge in [0.05, 0.1) is 6.54 Å². The second kappa shape index (κ2) is 5.88. The van der Waals surface area contributed by atoms with Crippen LogP contribution in [0.15, 0.2) is 24.5 Å². The summed E-state index contributed by atoms with van der Waals surface area (Å²) in [4.78, 5) is 8.14. The zero-order valence-electron chi connectivity index (χ0n) is 10.9. The van der Waals surface area contributed by atoms with Crippen molar-refractivity contribution in [2.45, 2.75) is 25.8 Å². The molecule has 2 aromatic rings. The number of pyridine rings is 1. The van der Waals surface area contributed by atoms with E-state index in [0.717, 1.165) is 18.7 Å². The molecular formula is C13H18N6. The molecule has 0 unspecified atom stereocenters. The van der Waals surface area contributed by atoms with Crippen LogP contribution in [0.4, 0.5) is 0 Å². The molecule has 3 rings (SSSR count). The molecule has 6 heteroatoms. The first-order valence-electron chi connectivity index (χ1n) is 6.82. The first-order valence-corrected chi connectivity index (χ1v) is 6.82. The molecule has 0 amide bonds. The van der Waals surface area contributed by atoms with Crippen molar-refractivity contribution in [2.75, 3.05) is 19.6 Å². The third-order valence-electron chi connectivity index (χ3n) is 3.46. The molecule has 1 aliphatic rings. The van der Waals surface area contributed by atoms with E-state index >= 15 is 0 Å². The molecule has 1 saturated heterocycles. The number of nitrogens with zero attached hydrogens (tertiary/aromatic N) is 6. The van der Waals surface area contributed by atoms with Crippen LogP contribution in [0.3, 0.4) is 0 Å². The highest BCUT2D eigenvalue weighted by Gasteiger charge is 2.11. The summed E-state index contributed by atoms with van der Waals surface area (Å²) in [5, 5.41) is 12.6. The van der Waals surface area contributed by atoms with Crippen LogP contribution in [0.2, 0.25) is 0 Å². The largest absolute Gasteiger partial charge is 0.301 e. The molecule has 0 radical (unpaired) electrons. The van der Waals surface area contributed by atoms with E-state index in [1.54, 1.807) is 17.2 Å². The molecule has 1 fully saturated rings. The minimum Gasteiger partial charge on any atom is -0.301 e. The van der Waals surface area contributed by atoms with Crippen molar-refractivity contribution in [3.63, 3.8) is 0 Å². The first-order chi connectivity index (χ1) is 9.42. The molecule has 0 aromatic carbocycles. The number of piperidine rings is 1. The van der Waals surface area contributed by atoms with Gasteiger partial charge in [-0.2, -0.15) is 4.80 Å². The lowest BCUT2D eigenvalue weighted by atomic mass is 10.1. The zero-order valence-corrected chi connectivity index (χ0v) is 10.9. The minimum absolute atomic E-state index is 0.668. The maximum atomic E-state index is 4.40. The van der Waals surface area contributed by atoms with Crippen LogP contribution in [0, 0.1) is 0 Å². The van der Waals surface area contributed by atoms with E-state index in [0.29, 0.717) is 5.82 Å². The van der Waals surface area contributed by atoms with Crippen molar-refractivity contribution in [3.05, 3.63) is 24.5 Å². The lowest BCUT2D eigenvalue weighted by Crippen LogP contribution is -2.33. The summed E-state index contributed by atoms with van der Waals surface area (Å²) in [7, 11) is 0. The van der Waals surface area contributed by atoms with Crippen molar-refractivity contribution < 1.29 is 0 Å². The van der Waals surface area contributed by atoms with E-state index in [9.17, 15) is 0 Å². The fourth-order valence-electron chi connectivity index (χ4n) is 2.37. The Labute approximate surface area is 112 Å². The number of hydrogen-bond donors (Lipinski definition) is 0. The van der Waals surface area contributed by atoms with Gasteiger partial charge in [0.15, 0.2) is 0 Å². The van der Waals surface area contributed by atoms with Crippen LogP contribution in [0.25, 0.3) is 11.4 Å².